The van der Waals surface area contributed by atoms with Crippen molar-refractivity contribution in [1.29, 1.82) is 0 Å². The van der Waals surface area contributed by atoms with Crippen LogP contribution in [0, 0.1) is 18.6 Å². The number of halogens is 3. The summed E-state index contributed by atoms with van der Waals surface area (Å²) in [7, 11) is 0. The molecule has 0 aromatic heterocycles. The molecular formula is C15H14BrF2N. The summed E-state index contributed by atoms with van der Waals surface area (Å²) in [6, 6.07) is 8.86. The summed E-state index contributed by atoms with van der Waals surface area (Å²) in [6.07, 6.45) is 0.373. The predicted molar refractivity (Wildman–Crippen MR) is 75.9 cm³/mol. The van der Waals surface area contributed by atoms with E-state index in [1.54, 1.807) is 12.1 Å². The van der Waals surface area contributed by atoms with E-state index in [-0.39, 0.29) is 11.6 Å². The highest BCUT2D eigenvalue weighted by Gasteiger charge is 2.14. The second-order valence-corrected chi connectivity index (χ2v) is 5.43. The Hall–Kier alpha value is -1.26. The van der Waals surface area contributed by atoms with Crippen LogP contribution in [-0.2, 0) is 6.42 Å². The normalized spacial score (nSPS) is 12.5. The predicted octanol–water partition coefficient (Wildman–Crippen LogP) is 4.28. The van der Waals surface area contributed by atoms with Gasteiger partial charge in [-0.25, -0.2) is 8.78 Å². The van der Waals surface area contributed by atoms with Crippen molar-refractivity contribution in [3.8, 4) is 0 Å². The molecule has 0 aliphatic carbocycles. The van der Waals surface area contributed by atoms with Crippen LogP contribution in [0.3, 0.4) is 0 Å². The number of rotatable bonds is 3. The van der Waals surface area contributed by atoms with Crippen molar-refractivity contribution in [1.82, 2.24) is 0 Å². The Morgan fingerprint density at radius 2 is 1.89 bits per heavy atom. The van der Waals surface area contributed by atoms with E-state index in [4.69, 9.17) is 5.73 Å². The van der Waals surface area contributed by atoms with Gasteiger partial charge >= 0.3 is 0 Å². The molecule has 1 nitrogen and oxygen atoms in total. The summed E-state index contributed by atoms with van der Waals surface area (Å²) in [4.78, 5) is 0. The van der Waals surface area contributed by atoms with Crippen LogP contribution >= 0.6 is 15.9 Å². The van der Waals surface area contributed by atoms with Gasteiger partial charge in [-0.15, -0.1) is 0 Å². The van der Waals surface area contributed by atoms with Gasteiger partial charge < -0.3 is 5.73 Å². The highest BCUT2D eigenvalue weighted by Crippen LogP contribution is 2.25. The van der Waals surface area contributed by atoms with Gasteiger partial charge in [0.25, 0.3) is 0 Å². The van der Waals surface area contributed by atoms with Gasteiger partial charge in [-0.3, -0.25) is 0 Å². The molecule has 0 bridgehead atoms. The lowest BCUT2D eigenvalue weighted by molar-refractivity contribution is 0.577. The summed E-state index contributed by atoms with van der Waals surface area (Å²) in [5.41, 5.74) is 8.04. The molecule has 4 heteroatoms. The lowest BCUT2D eigenvalue weighted by atomic mass is 9.98. The highest BCUT2D eigenvalue weighted by molar-refractivity contribution is 9.10. The second kappa shape index (κ2) is 5.80. The van der Waals surface area contributed by atoms with Crippen molar-refractivity contribution in [2.24, 2.45) is 5.73 Å². The molecule has 2 aromatic rings. The summed E-state index contributed by atoms with van der Waals surface area (Å²) in [6.45, 7) is 1.82. The third kappa shape index (κ3) is 3.39. The van der Waals surface area contributed by atoms with E-state index in [0.717, 1.165) is 15.6 Å². The lowest BCUT2D eigenvalue weighted by Crippen LogP contribution is -2.15. The number of hydrogen-bond donors (Lipinski definition) is 1. The Labute approximate surface area is 119 Å². The van der Waals surface area contributed by atoms with Gasteiger partial charge in [0.1, 0.15) is 11.6 Å². The molecule has 0 saturated carbocycles. The zero-order valence-corrected chi connectivity index (χ0v) is 12.0. The first-order valence-corrected chi connectivity index (χ1v) is 6.72. The van der Waals surface area contributed by atoms with Crippen molar-refractivity contribution in [2.75, 3.05) is 0 Å². The van der Waals surface area contributed by atoms with E-state index in [1.165, 1.54) is 18.2 Å². The molecule has 1 atom stereocenters. The fourth-order valence-corrected chi connectivity index (χ4v) is 2.39. The third-order valence-corrected chi connectivity index (χ3v) is 3.78. The molecule has 2 N–H and O–H groups in total. The molecule has 0 spiro atoms. The van der Waals surface area contributed by atoms with E-state index in [1.807, 2.05) is 13.0 Å². The number of hydrogen-bond acceptors (Lipinski definition) is 1. The van der Waals surface area contributed by atoms with Gasteiger partial charge in [-0.05, 0) is 48.7 Å². The summed E-state index contributed by atoms with van der Waals surface area (Å²) < 4.78 is 27.8. The fourth-order valence-electron chi connectivity index (χ4n) is 1.98. The number of aryl methyl sites for hydroxylation is 1. The molecule has 2 rings (SSSR count). The first-order valence-electron chi connectivity index (χ1n) is 5.93. The summed E-state index contributed by atoms with van der Waals surface area (Å²) in [5.74, 6) is -0.644. The van der Waals surface area contributed by atoms with Crippen LogP contribution in [-0.4, -0.2) is 0 Å². The smallest absolute Gasteiger partial charge is 0.128 e. The zero-order valence-electron chi connectivity index (χ0n) is 10.5. The molecule has 100 valence electrons. The monoisotopic (exact) mass is 325 g/mol. The topological polar surface area (TPSA) is 26.0 Å². The molecule has 1 unspecified atom stereocenters. The van der Waals surface area contributed by atoms with Gasteiger partial charge in [-0.1, -0.05) is 28.1 Å². The zero-order chi connectivity index (χ0) is 14.0. The maximum Gasteiger partial charge on any atom is 0.128 e. The molecule has 0 radical (unpaired) electrons. The lowest BCUT2D eigenvalue weighted by Gasteiger charge is -2.14. The van der Waals surface area contributed by atoms with Crippen LogP contribution in [0.25, 0.3) is 0 Å². The first-order chi connectivity index (χ1) is 8.97. The molecule has 0 amide bonds. The largest absolute Gasteiger partial charge is 0.324 e. The summed E-state index contributed by atoms with van der Waals surface area (Å²) in [5, 5.41) is 0. The van der Waals surface area contributed by atoms with Crippen LogP contribution in [0.15, 0.2) is 40.9 Å². The molecule has 0 fully saturated rings. The Kier molecular flexibility index (Phi) is 4.32. The molecule has 0 heterocycles. The quantitative estimate of drug-likeness (QED) is 0.895. The average Bonchev–Trinajstić information content (AvgIpc) is 2.33. The molecule has 19 heavy (non-hydrogen) atoms. The van der Waals surface area contributed by atoms with Crippen molar-refractivity contribution < 1.29 is 8.78 Å². The van der Waals surface area contributed by atoms with Gasteiger partial charge in [-0.2, -0.15) is 0 Å². The highest BCUT2D eigenvalue weighted by atomic mass is 79.9. The van der Waals surface area contributed by atoms with Gasteiger partial charge in [0.05, 0.1) is 0 Å². The number of nitrogens with two attached hydrogens (primary N) is 1. The van der Waals surface area contributed by atoms with Gasteiger partial charge in [0.15, 0.2) is 0 Å². The van der Waals surface area contributed by atoms with Crippen LogP contribution < -0.4 is 5.73 Å². The average molecular weight is 326 g/mol. The Morgan fingerprint density at radius 3 is 2.58 bits per heavy atom. The fraction of sp³-hybridized carbons (Fsp3) is 0.200. The molecule has 0 aliphatic heterocycles. The van der Waals surface area contributed by atoms with E-state index < -0.39 is 6.04 Å². The van der Waals surface area contributed by atoms with Gasteiger partial charge in [0, 0.05) is 16.1 Å². The van der Waals surface area contributed by atoms with Crippen molar-refractivity contribution >= 4 is 15.9 Å². The van der Waals surface area contributed by atoms with Crippen LogP contribution in [0.1, 0.15) is 22.7 Å². The molecular weight excluding hydrogens is 312 g/mol. The Morgan fingerprint density at radius 1 is 1.16 bits per heavy atom. The van der Waals surface area contributed by atoms with E-state index in [9.17, 15) is 8.78 Å². The van der Waals surface area contributed by atoms with Gasteiger partial charge in [0.2, 0.25) is 0 Å². The minimum absolute atomic E-state index is 0.319. The number of benzene rings is 2. The van der Waals surface area contributed by atoms with Crippen molar-refractivity contribution in [3.05, 3.63) is 69.2 Å². The van der Waals surface area contributed by atoms with E-state index in [2.05, 4.69) is 15.9 Å². The summed E-state index contributed by atoms with van der Waals surface area (Å²) >= 11 is 3.35. The Balaban J connectivity index is 2.25. The van der Waals surface area contributed by atoms with Crippen LogP contribution in [0.5, 0.6) is 0 Å². The van der Waals surface area contributed by atoms with Crippen LogP contribution in [0.2, 0.25) is 0 Å². The third-order valence-electron chi connectivity index (χ3n) is 3.00. The maximum atomic E-state index is 13.8. The van der Waals surface area contributed by atoms with E-state index in [0.29, 0.717) is 12.0 Å². The standard InChI is InChI=1S/C15H14BrF2N/c1-9-2-4-12(14(18)6-9)15(19)8-10-7-11(17)3-5-13(10)16/h2-7,15H,8,19H2,1H3. The van der Waals surface area contributed by atoms with Crippen molar-refractivity contribution in [3.63, 3.8) is 0 Å². The SMILES string of the molecule is Cc1ccc(C(N)Cc2cc(F)ccc2Br)c(F)c1. The van der Waals surface area contributed by atoms with Crippen molar-refractivity contribution in [2.45, 2.75) is 19.4 Å². The molecule has 0 aliphatic rings. The maximum absolute atomic E-state index is 13.8. The van der Waals surface area contributed by atoms with Crippen LogP contribution in [0.4, 0.5) is 8.78 Å². The second-order valence-electron chi connectivity index (χ2n) is 4.57. The Bertz CT molecular complexity index is 599. The van der Waals surface area contributed by atoms with E-state index >= 15 is 0 Å². The molecule has 2 aromatic carbocycles. The minimum atomic E-state index is -0.501. The first kappa shape index (κ1) is 14.2. The molecule has 0 saturated heterocycles. The minimum Gasteiger partial charge on any atom is -0.324 e.